The Kier molecular flexibility index (Phi) is 9.86. The van der Waals surface area contributed by atoms with Gasteiger partial charge in [-0.15, -0.1) is 11.3 Å². The summed E-state index contributed by atoms with van der Waals surface area (Å²) in [4.78, 5) is 2.35. The number of aromatic nitrogens is 1. The normalized spacial score (nSPS) is 11.4. The molecule has 60 heavy (non-hydrogen) atoms. The van der Waals surface area contributed by atoms with Crippen LogP contribution in [0.1, 0.15) is 18.2 Å². The first kappa shape index (κ1) is 36.9. The minimum Gasteiger partial charge on any atom is -0.311 e. The molecule has 0 atom stereocenters. The van der Waals surface area contributed by atoms with E-state index in [0.717, 1.165) is 28.4 Å². The second-order valence-corrected chi connectivity index (χ2v) is 15.9. The van der Waals surface area contributed by atoms with Gasteiger partial charge in [0.2, 0.25) is 0 Å². The average Bonchev–Trinajstić information content (AvgIpc) is 3.85. The molecule has 2 heterocycles. The van der Waals surface area contributed by atoms with Crippen molar-refractivity contribution in [3.8, 4) is 50.2 Å². The van der Waals surface area contributed by atoms with Crippen LogP contribution in [0.25, 0.3) is 82.6 Å². The fourth-order valence-corrected chi connectivity index (χ4v) is 9.78. The van der Waals surface area contributed by atoms with Gasteiger partial charge in [-0.2, -0.15) is 0 Å². The third-order valence-electron chi connectivity index (χ3n) is 11.3. The quantitative estimate of drug-likeness (QED) is 0.134. The molecule has 0 spiro atoms. The van der Waals surface area contributed by atoms with E-state index >= 15 is 0 Å². The van der Waals surface area contributed by atoms with E-state index in [1.54, 1.807) is 0 Å². The Balaban J connectivity index is 1.04. The molecule has 0 saturated heterocycles. The number of rotatable bonds is 10. The maximum Gasteiger partial charge on any atom is 0.0727 e. The number of nitrogens with zero attached hydrogens (tertiary/aromatic N) is 2. The maximum absolute atomic E-state index is 4.24. The van der Waals surface area contributed by atoms with Crippen LogP contribution in [0.5, 0.6) is 0 Å². The van der Waals surface area contributed by atoms with Crippen LogP contribution in [-0.4, -0.2) is 4.57 Å². The van der Waals surface area contributed by atoms with Crippen LogP contribution in [0, 0.1) is 0 Å². The van der Waals surface area contributed by atoms with Gasteiger partial charge in [0, 0.05) is 38.4 Å². The number of anilines is 3. The molecule has 0 aliphatic heterocycles. The predicted molar refractivity (Wildman–Crippen MR) is 260 cm³/mol. The van der Waals surface area contributed by atoms with Gasteiger partial charge < -0.3 is 9.47 Å². The van der Waals surface area contributed by atoms with Gasteiger partial charge in [-0.3, -0.25) is 0 Å². The highest BCUT2D eigenvalue weighted by Gasteiger charge is 2.22. The summed E-state index contributed by atoms with van der Waals surface area (Å²) in [5.74, 6) is 0. The van der Waals surface area contributed by atoms with Crippen molar-refractivity contribution in [3.63, 3.8) is 0 Å². The van der Waals surface area contributed by atoms with E-state index in [4.69, 9.17) is 0 Å². The molecule has 0 aliphatic carbocycles. The van der Waals surface area contributed by atoms with E-state index in [1.807, 2.05) is 17.4 Å². The number of benzene rings is 8. The van der Waals surface area contributed by atoms with Crippen LogP contribution < -0.4 is 4.90 Å². The molecule has 0 fully saturated rings. The highest BCUT2D eigenvalue weighted by Crippen LogP contribution is 2.46. The van der Waals surface area contributed by atoms with Crippen LogP contribution in [-0.2, 0) is 0 Å². The van der Waals surface area contributed by atoms with Crippen molar-refractivity contribution in [2.45, 2.75) is 6.92 Å². The summed E-state index contributed by atoms with van der Waals surface area (Å²) in [6, 6.07) is 74.2. The van der Waals surface area contributed by atoms with Crippen LogP contribution in [0.15, 0.2) is 219 Å². The molecule has 3 heteroatoms. The van der Waals surface area contributed by atoms with Crippen LogP contribution in [0.4, 0.5) is 17.1 Å². The van der Waals surface area contributed by atoms with E-state index in [-0.39, 0.29) is 0 Å². The minimum absolute atomic E-state index is 1.09. The van der Waals surface area contributed by atoms with Gasteiger partial charge in [-0.05, 0) is 106 Å². The summed E-state index contributed by atoms with van der Waals surface area (Å²) in [6.07, 6.45) is 6.33. The van der Waals surface area contributed by atoms with E-state index in [0.29, 0.717) is 0 Å². The summed E-state index contributed by atoms with van der Waals surface area (Å²) >= 11 is 1.87. The number of hydrogen-bond acceptors (Lipinski definition) is 2. The Hall–Kier alpha value is -7.46. The molecule has 10 aromatic rings. The standard InChI is InChI=1S/C57H42N2S/c1-3-15-52-54(4-2)59(47-20-12-7-13-21-47)55-53-23-14-22-51(56(53)60-57(52)55)46-32-38-50(39-33-46)58(48-34-28-44(29-35-48)41-18-10-6-11-19-41)49-36-30-45(31-37-49)43-26-24-42(25-27-43)40-16-8-5-9-17-40/h3-39H,2H2,1H3/b15-3-. The maximum atomic E-state index is 4.24. The van der Waals surface area contributed by atoms with Gasteiger partial charge in [0.15, 0.2) is 0 Å². The Morgan fingerprint density at radius 2 is 0.883 bits per heavy atom. The van der Waals surface area contributed by atoms with Gasteiger partial charge in [0.1, 0.15) is 0 Å². The van der Waals surface area contributed by atoms with Gasteiger partial charge >= 0.3 is 0 Å². The monoisotopic (exact) mass is 786 g/mol. The minimum atomic E-state index is 1.09. The van der Waals surface area contributed by atoms with Crippen LogP contribution in [0.3, 0.4) is 0 Å². The molecule has 0 N–H and O–H groups in total. The lowest BCUT2D eigenvalue weighted by molar-refractivity contribution is 1.11. The topological polar surface area (TPSA) is 8.17 Å². The molecule has 2 nitrogen and oxygen atoms in total. The highest BCUT2D eigenvalue weighted by atomic mass is 32.1. The highest BCUT2D eigenvalue weighted by molar-refractivity contribution is 7.26. The Morgan fingerprint density at radius 1 is 0.450 bits per heavy atom. The Labute approximate surface area is 355 Å². The molecule has 0 bridgehead atoms. The Morgan fingerprint density at radius 3 is 1.35 bits per heavy atom. The summed E-state index contributed by atoms with van der Waals surface area (Å²) < 4.78 is 4.92. The summed E-state index contributed by atoms with van der Waals surface area (Å²) in [5, 5.41) is 1.24. The first-order valence-electron chi connectivity index (χ1n) is 20.4. The zero-order valence-electron chi connectivity index (χ0n) is 33.4. The number of para-hydroxylation sites is 1. The molecule has 0 radical (unpaired) electrons. The fourth-order valence-electron chi connectivity index (χ4n) is 8.43. The predicted octanol–water partition coefficient (Wildman–Crippen LogP) is 16.7. The van der Waals surface area contributed by atoms with Crippen molar-refractivity contribution < 1.29 is 0 Å². The van der Waals surface area contributed by atoms with Gasteiger partial charge in [-0.25, -0.2) is 0 Å². The molecular formula is C57H42N2S. The van der Waals surface area contributed by atoms with Crippen molar-refractivity contribution in [1.82, 2.24) is 4.57 Å². The number of thiophene rings is 1. The smallest absolute Gasteiger partial charge is 0.0727 e. The molecule has 2 aromatic heterocycles. The number of hydrogen-bond donors (Lipinski definition) is 0. The molecule has 0 saturated carbocycles. The second kappa shape index (κ2) is 16.1. The van der Waals surface area contributed by atoms with Crippen molar-refractivity contribution in [2.75, 3.05) is 4.90 Å². The molecule has 10 rings (SSSR count). The van der Waals surface area contributed by atoms with Crippen molar-refractivity contribution in [1.29, 1.82) is 0 Å². The number of allylic oxidation sites excluding steroid dienone is 1. The van der Waals surface area contributed by atoms with E-state index < -0.39 is 0 Å². The molecule has 0 unspecified atom stereocenters. The largest absolute Gasteiger partial charge is 0.311 e. The molecule has 0 aliphatic rings. The zero-order valence-corrected chi connectivity index (χ0v) is 34.2. The SMILES string of the molecule is C=Cc1c(/C=C\C)c2sc3c(-c4ccc(N(c5ccc(-c6ccccc6)cc5)c5ccc(-c6ccc(-c7ccccc7)cc6)cc5)cc4)cccc3c2n1-c1ccccc1. The lowest BCUT2D eigenvalue weighted by atomic mass is 10.00. The fraction of sp³-hybridized carbons (Fsp3) is 0.0175. The van der Waals surface area contributed by atoms with Gasteiger partial charge in [-0.1, -0.05) is 176 Å². The summed E-state index contributed by atoms with van der Waals surface area (Å²) in [6.45, 7) is 6.32. The van der Waals surface area contributed by atoms with Crippen LogP contribution in [0.2, 0.25) is 0 Å². The van der Waals surface area contributed by atoms with E-state index in [9.17, 15) is 0 Å². The van der Waals surface area contributed by atoms with Crippen molar-refractivity contribution in [2.24, 2.45) is 0 Å². The van der Waals surface area contributed by atoms with Gasteiger partial charge in [0.25, 0.3) is 0 Å². The average molecular weight is 787 g/mol. The van der Waals surface area contributed by atoms with Crippen LogP contribution >= 0.6 is 11.3 Å². The lowest BCUT2D eigenvalue weighted by Gasteiger charge is -2.26. The lowest BCUT2D eigenvalue weighted by Crippen LogP contribution is -2.09. The summed E-state index contributed by atoms with van der Waals surface area (Å²) in [5.41, 5.74) is 17.6. The second-order valence-electron chi connectivity index (χ2n) is 14.9. The molecule has 8 aromatic carbocycles. The zero-order chi connectivity index (χ0) is 40.4. The molecule has 286 valence electrons. The first-order valence-corrected chi connectivity index (χ1v) is 21.2. The van der Waals surface area contributed by atoms with Gasteiger partial charge in [0.05, 0.1) is 15.9 Å². The van der Waals surface area contributed by atoms with Crippen molar-refractivity contribution >= 4 is 60.9 Å². The van der Waals surface area contributed by atoms with Crippen molar-refractivity contribution in [3.05, 3.63) is 230 Å². The van der Waals surface area contributed by atoms with E-state index in [1.165, 1.54) is 70.4 Å². The Bertz CT molecular complexity index is 3100. The number of fused-ring (bicyclic) bond motifs is 3. The summed E-state index contributed by atoms with van der Waals surface area (Å²) in [7, 11) is 0. The molecular weight excluding hydrogens is 745 g/mol. The third kappa shape index (κ3) is 6.75. The molecule has 0 amide bonds. The van der Waals surface area contributed by atoms with E-state index in [2.05, 4.69) is 241 Å². The first-order chi connectivity index (χ1) is 29.7. The third-order valence-corrected chi connectivity index (χ3v) is 12.6.